The van der Waals surface area contributed by atoms with Gasteiger partial charge in [0.2, 0.25) is 11.8 Å². The van der Waals surface area contributed by atoms with E-state index in [4.69, 9.17) is 0 Å². The summed E-state index contributed by atoms with van der Waals surface area (Å²) in [7, 11) is 0. The summed E-state index contributed by atoms with van der Waals surface area (Å²) in [6.07, 6.45) is 2.10. The van der Waals surface area contributed by atoms with Crippen LogP contribution in [0.25, 0.3) is 0 Å². The fourth-order valence-corrected chi connectivity index (χ4v) is 2.98. The molecule has 0 unspecified atom stereocenters. The van der Waals surface area contributed by atoms with E-state index in [0.717, 1.165) is 12.8 Å². The number of carbonyl (C=O) groups is 2. The second-order valence-corrected chi connectivity index (χ2v) is 5.30. The molecular formula is C15H18N2O2. The number of nitrogens with zero attached hydrogens (tertiary/aromatic N) is 1. The summed E-state index contributed by atoms with van der Waals surface area (Å²) in [4.78, 5) is 25.7. The molecule has 1 aromatic rings. The Bertz CT molecular complexity index is 488. The van der Waals surface area contributed by atoms with E-state index < -0.39 is 0 Å². The fourth-order valence-electron chi connectivity index (χ4n) is 2.98. The lowest BCUT2D eigenvalue weighted by Crippen LogP contribution is -2.38. The van der Waals surface area contributed by atoms with Crippen LogP contribution in [0.5, 0.6) is 0 Å². The molecule has 2 amide bonds. The highest BCUT2D eigenvalue weighted by atomic mass is 16.2. The third-order valence-corrected chi connectivity index (χ3v) is 4.02. The average molecular weight is 258 g/mol. The predicted molar refractivity (Wildman–Crippen MR) is 71.5 cm³/mol. The third kappa shape index (κ3) is 2.48. The summed E-state index contributed by atoms with van der Waals surface area (Å²) in [6.45, 7) is 1.76. The molecule has 1 fully saturated rings. The molecule has 0 spiro atoms. The van der Waals surface area contributed by atoms with Gasteiger partial charge in [-0.15, -0.1) is 0 Å². The molecule has 2 aliphatic rings. The Morgan fingerprint density at radius 3 is 2.53 bits per heavy atom. The normalized spacial score (nSPS) is 19.8. The van der Waals surface area contributed by atoms with E-state index in [9.17, 15) is 9.59 Å². The van der Waals surface area contributed by atoms with Crippen molar-refractivity contribution in [3.63, 3.8) is 0 Å². The zero-order valence-electron chi connectivity index (χ0n) is 10.9. The second kappa shape index (κ2) is 5.03. The zero-order valence-corrected chi connectivity index (χ0v) is 10.9. The lowest BCUT2D eigenvalue weighted by Gasteiger charge is -2.23. The van der Waals surface area contributed by atoms with Crippen LogP contribution in [0.4, 0.5) is 0 Å². The Kier molecular flexibility index (Phi) is 3.23. The molecule has 1 N–H and O–H groups in total. The number of carbonyl (C=O) groups excluding carboxylic acids is 2. The molecule has 1 aliphatic carbocycles. The van der Waals surface area contributed by atoms with E-state index >= 15 is 0 Å². The molecule has 3 rings (SSSR count). The van der Waals surface area contributed by atoms with Crippen LogP contribution >= 0.6 is 0 Å². The number of hydrogen-bond donors (Lipinski definition) is 1. The van der Waals surface area contributed by atoms with Gasteiger partial charge in [-0.2, -0.15) is 0 Å². The average Bonchev–Trinajstić information content (AvgIpc) is 2.74. The minimum atomic E-state index is 0.0463. The first-order valence-electron chi connectivity index (χ1n) is 6.86. The van der Waals surface area contributed by atoms with E-state index in [0.29, 0.717) is 26.1 Å². The van der Waals surface area contributed by atoms with Crippen LogP contribution in [0.15, 0.2) is 24.3 Å². The van der Waals surface area contributed by atoms with Crippen LogP contribution in [0.3, 0.4) is 0 Å². The van der Waals surface area contributed by atoms with Crippen molar-refractivity contribution in [1.29, 1.82) is 0 Å². The van der Waals surface area contributed by atoms with Crippen molar-refractivity contribution in [2.45, 2.75) is 19.3 Å². The number of benzene rings is 1. The van der Waals surface area contributed by atoms with Gasteiger partial charge in [-0.05, 0) is 24.0 Å². The summed E-state index contributed by atoms with van der Waals surface area (Å²) in [5.74, 6) is 0.309. The standard InChI is InChI=1S/C15H18N2O2/c18-14-5-7-17(8-6-16-14)15(19)13-9-11-3-1-2-4-12(11)10-13/h1-4,13H,5-10H2,(H,16,18). The van der Waals surface area contributed by atoms with Crippen molar-refractivity contribution in [2.24, 2.45) is 5.92 Å². The van der Waals surface area contributed by atoms with Crippen molar-refractivity contribution >= 4 is 11.8 Å². The van der Waals surface area contributed by atoms with Gasteiger partial charge in [0.15, 0.2) is 0 Å². The molecule has 1 aliphatic heterocycles. The summed E-state index contributed by atoms with van der Waals surface area (Å²) in [6, 6.07) is 8.27. The van der Waals surface area contributed by atoms with E-state index in [1.165, 1.54) is 11.1 Å². The van der Waals surface area contributed by atoms with Crippen LogP contribution < -0.4 is 5.32 Å². The number of amides is 2. The van der Waals surface area contributed by atoms with Crippen molar-refractivity contribution in [2.75, 3.05) is 19.6 Å². The molecular weight excluding hydrogens is 240 g/mol. The lowest BCUT2D eigenvalue weighted by molar-refractivity contribution is -0.135. The highest BCUT2D eigenvalue weighted by molar-refractivity contribution is 5.82. The van der Waals surface area contributed by atoms with Crippen molar-refractivity contribution in [1.82, 2.24) is 10.2 Å². The van der Waals surface area contributed by atoms with Gasteiger partial charge in [-0.3, -0.25) is 9.59 Å². The largest absolute Gasteiger partial charge is 0.354 e. The highest BCUT2D eigenvalue weighted by Gasteiger charge is 2.31. The van der Waals surface area contributed by atoms with Gasteiger partial charge in [0.05, 0.1) is 0 Å². The minimum Gasteiger partial charge on any atom is -0.354 e. The van der Waals surface area contributed by atoms with Crippen LogP contribution in [-0.2, 0) is 22.4 Å². The first-order chi connectivity index (χ1) is 9.24. The van der Waals surface area contributed by atoms with Gasteiger partial charge < -0.3 is 10.2 Å². The van der Waals surface area contributed by atoms with Crippen LogP contribution in [0.2, 0.25) is 0 Å². The Balaban J connectivity index is 1.67. The summed E-state index contributed by atoms with van der Waals surface area (Å²) in [5, 5.41) is 2.80. The van der Waals surface area contributed by atoms with Crippen LogP contribution in [0.1, 0.15) is 17.5 Å². The Morgan fingerprint density at radius 1 is 1.16 bits per heavy atom. The SMILES string of the molecule is O=C1CCN(C(=O)C2Cc3ccccc3C2)CCN1. The van der Waals surface area contributed by atoms with Gasteiger partial charge in [-0.1, -0.05) is 24.3 Å². The molecule has 1 heterocycles. The molecule has 0 aromatic heterocycles. The lowest BCUT2D eigenvalue weighted by atomic mass is 10.0. The predicted octanol–water partition coefficient (Wildman–Crippen LogP) is 0.750. The van der Waals surface area contributed by atoms with Crippen molar-refractivity contribution < 1.29 is 9.59 Å². The Hall–Kier alpha value is -1.84. The molecule has 4 nitrogen and oxygen atoms in total. The van der Waals surface area contributed by atoms with Crippen molar-refractivity contribution in [3.8, 4) is 0 Å². The number of nitrogens with one attached hydrogen (secondary N) is 1. The zero-order chi connectivity index (χ0) is 13.2. The van der Waals surface area contributed by atoms with Gasteiger partial charge in [0.25, 0.3) is 0 Å². The maximum atomic E-state index is 12.5. The topological polar surface area (TPSA) is 49.4 Å². The first kappa shape index (κ1) is 12.2. The first-order valence-corrected chi connectivity index (χ1v) is 6.86. The summed E-state index contributed by atoms with van der Waals surface area (Å²) in [5.41, 5.74) is 2.59. The molecule has 0 bridgehead atoms. The quantitative estimate of drug-likeness (QED) is 0.808. The van der Waals surface area contributed by atoms with Crippen molar-refractivity contribution in [3.05, 3.63) is 35.4 Å². The van der Waals surface area contributed by atoms with Crippen LogP contribution in [0, 0.1) is 5.92 Å². The molecule has 1 aromatic carbocycles. The molecule has 100 valence electrons. The maximum absolute atomic E-state index is 12.5. The monoisotopic (exact) mass is 258 g/mol. The van der Waals surface area contributed by atoms with Crippen LogP contribution in [-0.4, -0.2) is 36.3 Å². The summed E-state index contributed by atoms with van der Waals surface area (Å²) < 4.78 is 0. The highest BCUT2D eigenvalue weighted by Crippen LogP contribution is 2.27. The maximum Gasteiger partial charge on any atom is 0.226 e. The van der Waals surface area contributed by atoms with E-state index in [2.05, 4.69) is 17.4 Å². The molecule has 1 saturated heterocycles. The third-order valence-electron chi connectivity index (χ3n) is 4.02. The fraction of sp³-hybridized carbons (Fsp3) is 0.467. The van der Waals surface area contributed by atoms with Gasteiger partial charge in [-0.25, -0.2) is 0 Å². The molecule has 0 saturated carbocycles. The van der Waals surface area contributed by atoms with Gasteiger partial charge in [0, 0.05) is 32.0 Å². The number of hydrogen-bond acceptors (Lipinski definition) is 2. The van der Waals surface area contributed by atoms with E-state index in [1.807, 2.05) is 17.0 Å². The second-order valence-electron chi connectivity index (χ2n) is 5.30. The summed E-state index contributed by atoms with van der Waals surface area (Å²) >= 11 is 0. The molecule has 19 heavy (non-hydrogen) atoms. The Labute approximate surface area is 112 Å². The van der Waals surface area contributed by atoms with E-state index in [1.54, 1.807) is 0 Å². The Morgan fingerprint density at radius 2 is 1.84 bits per heavy atom. The molecule has 4 heteroatoms. The minimum absolute atomic E-state index is 0.0463. The molecule has 0 atom stereocenters. The number of rotatable bonds is 1. The molecule has 0 radical (unpaired) electrons. The van der Waals surface area contributed by atoms with Gasteiger partial charge >= 0.3 is 0 Å². The van der Waals surface area contributed by atoms with Gasteiger partial charge in [0.1, 0.15) is 0 Å². The van der Waals surface area contributed by atoms with E-state index in [-0.39, 0.29) is 17.7 Å². The number of fused-ring (bicyclic) bond motifs is 1. The smallest absolute Gasteiger partial charge is 0.226 e.